The molecule has 2 rings (SSSR count). The van der Waals surface area contributed by atoms with Crippen molar-refractivity contribution in [1.82, 2.24) is 0 Å². The summed E-state index contributed by atoms with van der Waals surface area (Å²) in [7, 11) is 0. The van der Waals surface area contributed by atoms with Gasteiger partial charge in [-0.25, -0.2) is 0 Å². The van der Waals surface area contributed by atoms with E-state index in [9.17, 15) is 4.79 Å². The van der Waals surface area contributed by atoms with Crippen molar-refractivity contribution in [3.05, 3.63) is 54.6 Å². The Hall–Kier alpha value is -2.69. The Kier molecular flexibility index (Phi) is 5.46. The second-order valence-electron chi connectivity index (χ2n) is 4.24. The topological polar surface area (TPSA) is 63.0 Å². The Morgan fingerprint density at radius 3 is 2.24 bits per heavy atom. The second-order valence-corrected chi connectivity index (χ2v) is 4.24. The predicted octanol–water partition coefficient (Wildman–Crippen LogP) is 4.08. The summed E-state index contributed by atoms with van der Waals surface area (Å²) >= 11 is 0. The van der Waals surface area contributed by atoms with Crippen molar-refractivity contribution in [2.24, 2.45) is 10.2 Å². The molecule has 21 heavy (non-hydrogen) atoms. The average molecular weight is 283 g/mol. The average Bonchev–Trinajstić information content (AvgIpc) is 2.53. The number of hydrogen-bond acceptors (Lipinski definition) is 5. The van der Waals surface area contributed by atoms with Gasteiger partial charge < -0.3 is 10.1 Å². The number of esters is 1. The molecule has 0 radical (unpaired) electrons. The van der Waals surface area contributed by atoms with Crippen molar-refractivity contribution in [3.8, 4) is 0 Å². The molecule has 0 fully saturated rings. The first-order valence-electron chi connectivity index (χ1n) is 6.74. The van der Waals surface area contributed by atoms with Crippen molar-refractivity contribution in [3.63, 3.8) is 0 Å². The second kappa shape index (κ2) is 7.79. The summed E-state index contributed by atoms with van der Waals surface area (Å²) in [5.41, 5.74) is 2.39. The van der Waals surface area contributed by atoms with E-state index in [0.717, 1.165) is 17.1 Å². The van der Waals surface area contributed by atoms with Crippen LogP contribution in [0.25, 0.3) is 0 Å². The smallest absolute Gasteiger partial charge is 0.325 e. The van der Waals surface area contributed by atoms with Crippen LogP contribution in [0.4, 0.5) is 17.1 Å². The predicted molar refractivity (Wildman–Crippen MR) is 82.2 cm³/mol. The third-order valence-corrected chi connectivity index (χ3v) is 2.65. The van der Waals surface area contributed by atoms with E-state index in [1.54, 1.807) is 6.92 Å². The number of azo groups is 1. The molecule has 5 heteroatoms. The molecule has 0 spiro atoms. The Balaban J connectivity index is 1.90. The maximum atomic E-state index is 11.2. The van der Waals surface area contributed by atoms with Gasteiger partial charge in [0.05, 0.1) is 18.0 Å². The number of anilines is 1. The molecule has 0 saturated carbocycles. The molecule has 0 unspecified atom stereocenters. The van der Waals surface area contributed by atoms with Gasteiger partial charge in [-0.15, -0.1) is 0 Å². The fourth-order valence-corrected chi connectivity index (χ4v) is 1.64. The summed E-state index contributed by atoms with van der Waals surface area (Å²) in [4.78, 5) is 11.2. The van der Waals surface area contributed by atoms with Crippen molar-refractivity contribution in [1.29, 1.82) is 0 Å². The van der Waals surface area contributed by atoms with Crippen LogP contribution < -0.4 is 5.32 Å². The molecule has 2 aromatic rings. The van der Waals surface area contributed by atoms with Crippen molar-refractivity contribution >= 4 is 23.0 Å². The number of hydrogen-bond donors (Lipinski definition) is 1. The third kappa shape index (κ3) is 5.06. The zero-order valence-electron chi connectivity index (χ0n) is 11.8. The fourth-order valence-electron chi connectivity index (χ4n) is 1.64. The van der Waals surface area contributed by atoms with Gasteiger partial charge >= 0.3 is 5.97 Å². The van der Waals surface area contributed by atoms with E-state index >= 15 is 0 Å². The minimum Gasteiger partial charge on any atom is -0.465 e. The molecule has 2 aromatic carbocycles. The highest BCUT2D eigenvalue weighted by Crippen LogP contribution is 2.19. The highest BCUT2D eigenvalue weighted by Gasteiger charge is 2.00. The van der Waals surface area contributed by atoms with E-state index in [2.05, 4.69) is 15.5 Å². The maximum Gasteiger partial charge on any atom is 0.325 e. The molecule has 0 bridgehead atoms. The fraction of sp³-hybridized carbons (Fsp3) is 0.188. The number of nitrogens with one attached hydrogen (secondary N) is 1. The number of rotatable bonds is 6. The van der Waals surface area contributed by atoms with Crippen molar-refractivity contribution in [2.45, 2.75) is 6.92 Å². The van der Waals surface area contributed by atoms with Crippen molar-refractivity contribution in [2.75, 3.05) is 18.5 Å². The van der Waals surface area contributed by atoms with Gasteiger partial charge in [0, 0.05) is 5.69 Å². The van der Waals surface area contributed by atoms with E-state index in [-0.39, 0.29) is 12.5 Å². The summed E-state index contributed by atoms with van der Waals surface area (Å²) < 4.78 is 4.84. The Labute approximate surface area is 123 Å². The molecule has 0 saturated heterocycles. The SMILES string of the molecule is CCOC(=O)CNc1ccc(N=Nc2ccccc2)cc1. The number of ether oxygens (including phenoxy) is 1. The van der Waals surface area contributed by atoms with E-state index in [1.165, 1.54) is 0 Å². The molecule has 0 aliphatic heterocycles. The Morgan fingerprint density at radius 1 is 1.00 bits per heavy atom. The van der Waals surface area contributed by atoms with Gasteiger partial charge in [-0.3, -0.25) is 4.79 Å². The summed E-state index contributed by atoms with van der Waals surface area (Å²) in [6.45, 7) is 2.32. The zero-order valence-corrected chi connectivity index (χ0v) is 11.8. The minimum atomic E-state index is -0.273. The summed E-state index contributed by atoms with van der Waals surface area (Å²) in [5, 5.41) is 11.3. The number of nitrogens with zero attached hydrogens (tertiary/aromatic N) is 2. The quantitative estimate of drug-likeness (QED) is 0.642. The Morgan fingerprint density at radius 2 is 1.62 bits per heavy atom. The van der Waals surface area contributed by atoms with Crippen LogP contribution in [0.2, 0.25) is 0 Å². The van der Waals surface area contributed by atoms with Gasteiger partial charge in [0.1, 0.15) is 6.54 Å². The van der Waals surface area contributed by atoms with Crippen molar-refractivity contribution < 1.29 is 9.53 Å². The Bertz CT molecular complexity index is 595. The van der Waals surface area contributed by atoms with Crippen LogP contribution in [0.5, 0.6) is 0 Å². The van der Waals surface area contributed by atoms with Gasteiger partial charge in [-0.05, 0) is 43.3 Å². The van der Waals surface area contributed by atoms with Crippen LogP contribution in [0, 0.1) is 0 Å². The van der Waals surface area contributed by atoms with E-state index in [4.69, 9.17) is 4.74 Å². The van der Waals surface area contributed by atoms with Crippen LogP contribution in [-0.4, -0.2) is 19.1 Å². The normalized spacial score (nSPS) is 10.5. The molecular formula is C16H17N3O2. The molecule has 1 N–H and O–H groups in total. The first-order valence-corrected chi connectivity index (χ1v) is 6.74. The molecule has 5 nitrogen and oxygen atoms in total. The summed E-state index contributed by atoms with van der Waals surface area (Å²) in [6.07, 6.45) is 0. The van der Waals surface area contributed by atoms with Crippen LogP contribution in [0.1, 0.15) is 6.92 Å². The van der Waals surface area contributed by atoms with Gasteiger partial charge in [0.2, 0.25) is 0 Å². The lowest BCUT2D eigenvalue weighted by atomic mass is 10.3. The highest BCUT2D eigenvalue weighted by molar-refractivity contribution is 5.75. The van der Waals surface area contributed by atoms with Crippen LogP contribution >= 0.6 is 0 Å². The minimum absolute atomic E-state index is 0.152. The monoisotopic (exact) mass is 283 g/mol. The molecule has 0 amide bonds. The first-order chi connectivity index (χ1) is 10.3. The molecule has 0 atom stereocenters. The van der Waals surface area contributed by atoms with Gasteiger partial charge in [-0.1, -0.05) is 18.2 Å². The lowest BCUT2D eigenvalue weighted by Crippen LogP contribution is -2.16. The summed E-state index contributed by atoms with van der Waals surface area (Å²) in [5.74, 6) is -0.273. The molecule has 0 aliphatic rings. The number of benzene rings is 2. The molecule has 0 aromatic heterocycles. The van der Waals surface area contributed by atoms with Gasteiger partial charge in [0.25, 0.3) is 0 Å². The summed E-state index contributed by atoms with van der Waals surface area (Å²) in [6, 6.07) is 16.9. The number of carbonyl (C=O) groups is 1. The van der Waals surface area contributed by atoms with E-state index in [1.807, 2.05) is 54.6 Å². The van der Waals surface area contributed by atoms with Crippen LogP contribution in [-0.2, 0) is 9.53 Å². The van der Waals surface area contributed by atoms with E-state index < -0.39 is 0 Å². The maximum absolute atomic E-state index is 11.2. The van der Waals surface area contributed by atoms with E-state index in [0.29, 0.717) is 6.61 Å². The standard InChI is InChI=1S/C16H17N3O2/c1-2-21-16(20)12-17-13-8-10-15(11-9-13)19-18-14-6-4-3-5-7-14/h3-11,17H,2,12H2,1H3. The lowest BCUT2D eigenvalue weighted by molar-refractivity contribution is -0.140. The zero-order chi connectivity index (χ0) is 14.9. The molecular weight excluding hydrogens is 266 g/mol. The highest BCUT2D eigenvalue weighted by atomic mass is 16.5. The van der Waals surface area contributed by atoms with Gasteiger partial charge in [0.15, 0.2) is 0 Å². The largest absolute Gasteiger partial charge is 0.465 e. The van der Waals surface area contributed by atoms with Crippen LogP contribution in [0.15, 0.2) is 64.8 Å². The van der Waals surface area contributed by atoms with Crippen LogP contribution in [0.3, 0.4) is 0 Å². The third-order valence-electron chi connectivity index (χ3n) is 2.65. The molecule has 0 aliphatic carbocycles. The molecule has 0 heterocycles. The lowest BCUT2D eigenvalue weighted by Gasteiger charge is -2.05. The first kappa shape index (κ1) is 14.7. The number of carbonyl (C=O) groups excluding carboxylic acids is 1. The van der Waals surface area contributed by atoms with Gasteiger partial charge in [-0.2, -0.15) is 10.2 Å². The molecule has 108 valence electrons.